The van der Waals surface area contributed by atoms with Crippen LogP contribution in [0.4, 0.5) is 8.78 Å². The average Bonchev–Trinajstić information content (AvgIpc) is 2.48. The number of alkyl halides is 2. The van der Waals surface area contributed by atoms with Gasteiger partial charge in [0.2, 0.25) is 0 Å². The Labute approximate surface area is 173 Å². The summed E-state index contributed by atoms with van der Waals surface area (Å²) in [5, 5.41) is 0. The summed E-state index contributed by atoms with van der Waals surface area (Å²) in [5.41, 5.74) is 2.09. The van der Waals surface area contributed by atoms with Crippen LogP contribution in [0.15, 0.2) is 49.8 Å². The van der Waals surface area contributed by atoms with Gasteiger partial charge in [-0.2, -0.15) is 20.5 Å². The van der Waals surface area contributed by atoms with Crippen molar-refractivity contribution in [2.75, 3.05) is 0 Å². The molecule has 2 aromatic carbocycles. The first-order chi connectivity index (χ1) is 11.7. The summed E-state index contributed by atoms with van der Waals surface area (Å²) in [6.45, 7) is 0. The first-order valence-electron chi connectivity index (χ1n) is 6.79. The zero-order valence-electron chi connectivity index (χ0n) is 12.5. The van der Waals surface area contributed by atoms with Crippen molar-refractivity contribution in [2.24, 2.45) is 0 Å². The summed E-state index contributed by atoms with van der Waals surface area (Å²) >= 11 is 11.8. The molecule has 0 fully saturated rings. The molecule has 0 saturated carbocycles. The lowest BCUT2D eigenvalue weighted by atomic mass is 10.2. The smallest absolute Gasteiger partial charge is 0.420 e. The second-order valence-corrected chi connectivity index (χ2v) is 10.3. The molecule has 0 heterocycles. The summed E-state index contributed by atoms with van der Waals surface area (Å²) in [6, 6.07) is 10.8. The van der Waals surface area contributed by atoms with Crippen molar-refractivity contribution in [3.05, 3.63) is 60.9 Å². The van der Waals surface area contributed by atoms with E-state index >= 15 is 0 Å². The topological polar surface area (TPSA) is 46.5 Å². The molecule has 3 nitrogen and oxygen atoms in total. The molecule has 0 aliphatic carbocycles. The number of hydrogen-bond donors (Lipinski definition) is 1. The minimum atomic E-state index is -4.98. The van der Waals surface area contributed by atoms with E-state index in [0.29, 0.717) is 10.2 Å². The van der Waals surface area contributed by atoms with Crippen LogP contribution in [0.25, 0.3) is 0 Å². The number of rotatable bonds is 7. The van der Waals surface area contributed by atoms with Crippen LogP contribution in [0.2, 0.25) is 0 Å². The highest BCUT2D eigenvalue weighted by atomic mass is 79.9. The number of halogens is 5. The van der Waals surface area contributed by atoms with Gasteiger partial charge >= 0.3 is 13.8 Å². The lowest BCUT2D eigenvalue weighted by Gasteiger charge is -2.14. The normalized spacial score (nSPS) is 13.7. The minimum Gasteiger partial charge on any atom is -0.420 e. The van der Waals surface area contributed by atoms with E-state index in [1.807, 2.05) is 18.2 Å². The fraction of sp³-hybridized carbons (Fsp3) is 0.200. The summed E-state index contributed by atoms with van der Waals surface area (Å²) in [5.74, 6) is 1.40. The van der Waals surface area contributed by atoms with Crippen LogP contribution in [0, 0.1) is 0 Å². The SMILES string of the molecule is O=P(O)(Oc1ccc(CSCc2cc(Br)cc(Br)c2)cc1Br)C(F)F. The Hall–Kier alpha value is 0.0800. The van der Waals surface area contributed by atoms with Gasteiger partial charge in [-0.3, -0.25) is 0 Å². The Morgan fingerprint density at radius 1 is 1.04 bits per heavy atom. The van der Waals surface area contributed by atoms with Crippen LogP contribution in [0.3, 0.4) is 0 Å². The molecule has 10 heteroatoms. The molecule has 0 radical (unpaired) electrons. The molecule has 0 aliphatic heterocycles. The van der Waals surface area contributed by atoms with Crippen molar-refractivity contribution >= 4 is 67.1 Å². The number of thioether (sulfide) groups is 1. The molecule has 136 valence electrons. The van der Waals surface area contributed by atoms with E-state index < -0.39 is 13.8 Å². The lowest BCUT2D eigenvalue weighted by Crippen LogP contribution is -2.01. The van der Waals surface area contributed by atoms with E-state index in [9.17, 15) is 13.3 Å². The molecule has 1 atom stereocenters. The number of benzene rings is 2. The van der Waals surface area contributed by atoms with Gasteiger partial charge in [0.05, 0.1) is 4.47 Å². The molecule has 0 saturated heterocycles. The third kappa shape index (κ3) is 6.63. The Kier molecular flexibility index (Phi) is 7.98. The van der Waals surface area contributed by atoms with Gasteiger partial charge in [0.1, 0.15) is 5.75 Å². The second-order valence-electron chi connectivity index (χ2n) is 4.97. The van der Waals surface area contributed by atoms with Crippen LogP contribution in [-0.2, 0) is 16.1 Å². The van der Waals surface area contributed by atoms with Crippen molar-refractivity contribution in [1.82, 2.24) is 0 Å². The van der Waals surface area contributed by atoms with Crippen molar-refractivity contribution in [2.45, 2.75) is 17.7 Å². The first kappa shape index (κ1) is 21.4. The van der Waals surface area contributed by atoms with Gasteiger partial charge in [0.15, 0.2) is 0 Å². The van der Waals surface area contributed by atoms with Gasteiger partial charge in [-0.25, -0.2) is 4.57 Å². The van der Waals surface area contributed by atoms with Crippen molar-refractivity contribution in [1.29, 1.82) is 0 Å². The van der Waals surface area contributed by atoms with E-state index in [0.717, 1.165) is 25.8 Å². The van der Waals surface area contributed by atoms with E-state index in [1.165, 1.54) is 6.07 Å². The maximum Gasteiger partial charge on any atom is 0.442 e. The highest BCUT2D eigenvalue weighted by Gasteiger charge is 2.34. The zero-order valence-corrected chi connectivity index (χ0v) is 18.9. The third-order valence-corrected chi connectivity index (χ3v) is 6.49. The molecule has 0 aromatic heterocycles. The van der Waals surface area contributed by atoms with Gasteiger partial charge in [-0.15, -0.1) is 0 Å². The molecule has 2 rings (SSSR count). The summed E-state index contributed by atoms with van der Waals surface area (Å²) in [4.78, 5) is 9.10. The molecule has 25 heavy (non-hydrogen) atoms. The molecule has 0 bridgehead atoms. The Balaban J connectivity index is 1.97. The largest absolute Gasteiger partial charge is 0.442 e. The zero-order chi connectivity index (χ0) is 18.6. The fourth-order valence-corrected chi connectivity index (χ4v) is 5.33. The van der Waals surface area contributed by atoms with Gasteiger partial charge in [0, 0.05) is 20.5 Å². The first-order valence-corrected chi connectivity index (χ1v) is 12.0. The Morgan fingerprint density at radius 3 is 2.20 bits per heavy atom. The molecule has 0 spiro atoms. The highest BCUT2D eigenvalue weighted by Crippen LogP contribution is 2.50. The highest BCUT2D eigenvalue weighted by molar-refractivity contribution is 9.11. The van der Waals surface area contributed by atoms with Crippen LogP contribution in [0.5, 0.6) is 5.75 Å². The van der Waals surface area contributed by atoms with E-state index in [1.54, 1.807) is 23.9 Å². The van der Waals surface area contributed by atoms with Gasteiger partial charge in [0.25, 0.3) is 0 Å². The predicted octanol–water partition coefficient (Wildman–Crippen LogP) is 7.19. The standard InChI is InChI=1S/C15H12Br3F2O3PS/c16-11-3-10(4-12(17)6-11)8-25-7-9-1-2-14(13(18)5-9)23-24(21,22)15(19)20/h1-6,15H,7-8H2,(H,21,22). The maximum absolute atomic E-state index is 12.4. The van der Waals surface area contributed by atoms with Crippen LogP contribution >= 0.6 is 67.1 Å². The van der Waals surface area contributed by atoms with E-state index in [2.05, 4.69) is 52.3 Å². The fourth-order valence-electron chi connectivity index (χ4n) is 1.87. The summed E-state index contributed by atoms with van der Waals surface area (Å²) in [6.07, 6.45) is -3.45. The van der Waals surface area contributed by atoms with Crippen molar-refractivity contribution in [3.8, 4) is 5.75 Å². The number of hydrogen-bond acceptors (Lipinski definition) is 3. The third-order valence-electron chi connectivity index (χ3n) is 2.93. The van der Waals surface area contributed by atoms with Crippen molar-refractivity contribution < 1.29 is 22.8 Å². The van der Waals surface area contributed by atoms with Crippen LogP contribution in [0.1, 0.15) is 11.1 Å². The maximum atomic E-state index is 12.4. The van der Waals surface area contributed by atoms with Crippen LogP contribution in [-0.4, -0.2) is 11.1 Å². The Bertz CT molecular complexity index is 787. The summed E-state index contributed by atoms with van der Waals surface area (Å²) in [7, 11) is -4.98. The van der Waals surface area contributed by atoms with Gasteiger partial charge in [-0.05, 0) is 57.4 Å². The molecular weight excluding hydrogens is 569 g/mol. The van der Waals surface area contributed by atoms with E-state index in [4.69, 9.17) is 4.89 Å². The predicted molar refractivity (Wildman–Crippen MR) is 107 cm³/mol. The quantitative estimate of drug-likeness (QED) is 0.352. The summed E-state index contributed by atoms with van der Waals surface area (Å²) < 4.78 is 43.0. The second kappa shape index (κ2) is 9.33. The average molecular weight is 581 g/mol. The Morgan fingerprint density at radius 2 is 1.64 bits per heavy atom. The lowest BCUT2D eigenvalue weighted by molar-refractivity contribution is 0.188. The van der Waals surface area contributed by atoms with E-state index in [-0.39, 0.29) is 5.75 Å². The minimum absolute atomic E-state index is 0.0872. The van der Waals surface area contributed by atoms with Crippen molar-refractivity contribution in [3.63, 3.8) is 0 Å². The molecule has 1 N–H and O–H groups in total. The molecular formula is C15H12Br3F2O3PS. The molecule has 0 aliphatic rings. The molecule has 1 unspecified atom stereocenters. The van der Waals surface area contributed by atoms with Gasteiger partial charge in [-0.1, -0.05) is 37.9 Å². The molecule has 0 amide bonds. The van der Waals surface area contributed by atoms with Gasteiger partial charge < -0.3 is 9.42 Å². The monoisotopic (exact) mass is 578 g/mol. The van der Waals surface area contributed by atoms with Crippen LogP contribution < -0.4 is 4.52 Å². The molecule has 2 aromatic rings.